The van der Waals surface area contributed by atoms with E-state index in [4.69, 9.17) is 16.6 Å². The van der Waals surface area contributed by atoms with Crippen LogP contribution in [0.1, 0.15) is 36.6 Å². The fourth-order valence-electron chi connectivity index (χ4n) is 3.84. The van der Waals surface area contributed by atoms with Gasteiger partial charge in [-0.3, -0.25) is 0 Å². The SMILES string of the molecule is CCc1ccc(Cc2csc(N3CCC(S(=O)(=O)c4ccccc4Cl)CC3)n2)cc1. The van der Waals surface area contributed by atoms with Crippen molar-refractivity contribution in [2.24, 2.45) is 0 Å². The van der Waals surface area contributed by atoms with Crippen LogP contribution < -0.4 is 4.90 Å². The molecule has 7 heteroatoms. The Morgan fingerprint density at radius 3 is 2.40 bits per heavy atom. The second kappa shape index (κ2) is 9.08. The number of hydrogen-bond acceptors (Lipinski definition) is 5. The van der Waals surface area contributed by atoms with E-state index in [1.807, 2.05) is 0 Å². The van der Waals surface area contributed by atoms with Crippen LogP contribution in [0.3, 0.4) is 0 Å². The maximum atomic E-state index is 13.0. The lowest BCUT2D eigenvalue weighted by molar-refractivity contribution is 0.529. The molecule has 1 aliphatic heterocycles. The standard InChI is InChI=1S/C23H25ClN2O2S2/c1-2-17-7-9-18(10-8-17)15-19-16-29-23(25-19)26-13-11-20(12-14-26)30(27,28)22-6-4-3-5-21(22)24/h3-10,16,20H,2,11-15H2,1H3. The van der Waals surface area contributed by atoms with Crippen molar-refractivity contribution in [3.8, 4) is 0 Å². The molecule has 3 aromatic rings. The van der Waals surface area contributed by atoms with E-state index in [0.29, 0.717) is 31.0 Å². The second-order valence-corrected chi connectivity index (χ2v) is 11.1. The zero-order valence-electron chi connectivity index (χ0n) is 16.9. The topological polar surface area (TPSA) is 50.3 Å². The Morgan fingerprint density at radius 1 is 1.07 bits per heavy atom. The van der Waals surface area contributed by atoms with E-state index in [-0.39, 0.29) is 4.90 Å². The first kappa shape index (κ1) is 21.3. The molecule has 0 amide bonds. The van der Waals surface area contributed by atoms with Crippen molar-refractivity contribution in [1.29, 1.82) is 0 Å². The van der Waals surface area contributed by atoms with Crippen molar-refractivity contribution in [1.82, 2.24) is 4.98 Å². The third kappa shape index (κ3) is 4.56. The summed E-state index contributed by atoms with van der Waals surface area (Å²) in [5.41, 5.74) is 3.66. The fourth-order valence-corrected chi connectivity index (χ4v) is 6.97. The zero-order valence-corrected chi connectivity index (χ0v) is 19.3. The predicted molar refractivity (Wildman–Crippen MR) is 125 cm³/mol. The van der Waals surface area contributed by atoms with E-state index < -0.39 is 15.1 Å². The second-order valence-electron chi connectivity index (χ2n) is 7.63. The first-order valence-corrected chi connectivity index (χ1v) is 13.0. The van der Waals surface area contributed by atoms with Crippen molar-refractivity contribution in [3.63, 3.8) is 0 Å². The van der Waals surface area contributed by atoms with E-state index >= 15 is 0 Å². The van der Waals surface area contributed by atoms with E-state index in [1.54, 1.807) is 35.6 Å². The number of aromatic nitrogens is 1. The summed E-state index contributed by atoms with van der Waals surface area (Å²) in [6, 6.07) is 15.4. The molecule has 4 nitrogen and oxygen atoms in total. The molecule has 2 aromatic carbocycles. The third-order valence-corrected chi connectivity index (χ3v) is 9.36. The smallest absolute Gasteiger partial charge is 0.185 e. The van der Waals surface area contributed by atoms with Crippen LogP contribution >= 0.6 is 22.9 Å². The molecule has 0 atom stereocenters. The van der Waals surface area contributed by atoms with Gasteiger partial charge in [-0.05, 0) is 42.5 Å². The number of thiazole rings is 1. The molecule has 30 heavy (non-hydrogen) atoms. The lowest BCUT2D eigenvalue weighted by atomic mass is 10.1. The molecule has 1 fully saturated rings. The molecule has 0 unspecified atom stereocenters. The quantitative estimate of drug-likeness (QED) is 0.494. The highest BCUT2D eigenvalue weighted by molar-refractivity contribution is 7.92. The Morgan fingerprint density at radius 2 is 1.73 bits per heavy atom. The summed E-state index contributed by atoms with van der Waals surface area (Å²) in [6.45, 7) is 3.53. The Balaban J connectivity index is 1.39. The number of hydrogen-bond donors (Lipinski definition) is 0. The molecule has 1 aromatic heterocycles. The Bertz CT molecular complexity index is 1100. The van der Waals surface area contributed by atoms with Gasteiger partial charge in [-0.25, -0.2) is 13.4 Å². The van der Waals surface area contributed by atoms with Gasteiger partial charge in [-0.2, -0.15) is 0 Å². The molecule has 0 bridgehead atoms. The van der Waals surface area contributed by atoms with Crippen LogP contribution in [0.15, 0.2) is 58.8 Å². The van der Waals surface area contributed by atoms with Gasteiger partial charge in [0.25, 0.3) is 0 Å². The van der Waals surface area contributed by atoms with Crippen LogP contribution in [0.25, 0.3) is 0 Å². The van der Waals surface area contributed by atoms with Gasteiger partial charge < -0.3 is 4.90 Å². The van der Waals surface area contributed by atoms with Crippen molar-refractivity contribution in [3.05, 3.63) is 75.8 Å². The van der Waals surface area contributed by atoms with Crippen LogP contribution in [0.2, 0.25) is 5.02 Å². The first-order chi connectivity index (χ1) is 14.5. The van der Waals surface area contributed by atoms with Crippen LogP contribution in [-0.2, 0) is 22.7 Å². The minimum absolute atomic E-state index is 0.246. The van der Waals surface area contributed by atoms with Gasteiger partial charge in [0.1, 0.15) is 0 Å². The highest BCUT2D eigenvalue weighted by Gasteiger charge is 2.33. The minimum atomic E-state index is -3.42. The molecule has 1 saturated heterocycles. The molecular weight excluding hydrogens is 436 g/mol. The van der Waals surface area contributed by atoms with Gasteiger partial charge in [-0.1, -0.05) is 54.9 Å². The van der Waals surface area contributed by atoms with Crippen LogP contribution in [0, 0.1) is 0 Å². The average Bonchev–Trinajstić information content (AvgIpc) is 3.23. The van der Waals surface area contributed by atoms with Gasteiger partial charge in [0, 0.05) is 24.9 Å². The van der Waals surface area contributed by atoms with Crippen molar-refractivity contribution in [2.45, 2.75) is 42.8 Å². The third-order valence-electron chi connectivity index (χ3n) is 5.65. The summed E-state index contributed by atoms with van der Waals surface area (Å²) in [7, 11) is -3.42. The lowest BCUT2D eigenvalue weighted by Crippen LogP contribution is -2.39. The molecule has 0 spiro atoms. The minimum Gasteiger partial charge on any atom is -0.348 e. The summed E-state index contributed by atoms with van der Waals surface area (Å²) < 4.78 is 26.0. The zero-order chi connectivity index (χ0) is 21.1. The number of halogens is 1. The van der Waals surface area contributed by atoms with E-state index in [9.17, 15) is 8.42 Å². The lowest BCUT2D eigenvalue weighted by Gasteiger charge is -2.31. The van der Waals surface area contributed by atoms with Crippen molar-refractivity contribution < 1.29 is 8.42 Å². The summed E-state index contributed by atoms with van der Waals surface area (Å²) in [5, 5.41) is 2.99. The number of nitrogens with zero attached hydrogens (tertiary/aromatic N) is 2. The van der Waals surface area contributed by atoms with Gasteiger partial charge in [0.2, 0.25) is 0 Å². The van der Waals surface area contributed by atoms with Crippen LogP contribution in [-0.4, -0.2) is 31.7 Å². The highest BCUT2D eigenvalue weighted by Crippen LogP contribution is 2.32. The molecule has 2 heterocycles. The average molecular weight is 461 g/mol. The first-order valence-electron chi connectivity index (χ1n) is 10.2. The van der Waals surface area contributed by atoms with Gasteiger partial charge in [0.05, 0.1) is 20.9 Å². The summed E-state index contributed by atoms with van der Waals surface area (Å²) in [6.07, 6.45) is 3.03. The molecule has 158 valence electrons. The summed E-state index contributed by atoms with van der Waals surface area (Å²) in [5.74, 6) is 0. The monoisotopic (exact) mass is 460 g/mol. The van der Waals surface area contributed by atoms with Crippen LogP contribution in [0.4, 0.5) is 5.13 Å². The normalized spacial score (nSPS) is 15.5. The molecule has 0 aliphatic carbocycles. The summed E-state index contributed by atoms with van der Waals surface area (Å²) >= 11 is 7.78. The van der Waals surface area contributed by atoms with Gasteiger partial charge in [-0.15, -0.1) is 11.3 Å². The molecular formula is C23H25ClN2O2S2. The fraction of sp³-hybridized carbons (Fsp3) is 0.348. The van der Waals surface area contributed by atoms with E-state index in [0.717, 1.165) is 23.7 Å². The molecule has 0 N–H and O–H groups in total. The Labute approximate surface area is 187 Å². The van der Waals surface area contributed by atoms with Gasteiger partial charge in [0.15, 0.2) is 15.0 Å². The molecule has 4 rings (SSSR count). The maximum Gasteiger partial charge on any atom is 0.185 e. The highest BCUT2D eigenvalue weighted by atomic mass is 35.5. The number of piperidine rings is 1. The maximum absolute atomic E-state index is 13.0. The number of anilines is 1. The number of sulfone groups is 1. The van der Waals surface area contributed by atoms with Crippen molar-refractivity contribution in [2.75, 3.05) is 18.0 Å². The summed E-state index contributed by atoms with van der Waals surface area (Å²) in [4.78, 5) is 7.25. The van der Waals surface area contributed by atoms with E-state index in [2.05, 4.69) is 41.5 Å². The van der Waals surface area contributed by atoms with E-state index in [1.165, 1.54) is 11.1 Å². The number of aryl methyl sites for hydroxylation is 1. The molecule has 1 aliphatic rings. The number of benzene rings is 2. The predicted octanol–water partition coefficient (Wildman–Crippen LogP) is 5.39. The largest absolute Gasteiger partial charge is 0.348 e. The molecule has 0 radical (unpaired) electrons. The number of rotatable bonds is 6. The Kier molecular flexibility index (Phi) is 6.46. The Hall–Kier alpha value is -1.89. The van der Waals surface area contributed by atoms with Crippen LogP contribution in [0.5, 0.6) is 0 Å². The molecule has 0 saturated carbocycles. The van der Waals surface area contributed by atoms with Gasteiger partial charge >= 0.3 is 0 Å². The van der Waals surface area contributed by atoms with Crippen molar-refractivity contribution >= 4 is 37.9 Å².